The fraction of sp³-hybridized carbons (Fsp3) is 0.474. The average molecular weight is 405 g/mol. The van der Waals surface area contributed by atoms with Gasteiger partial charge in [0.2, 0.25) is 5.43 Å². The minimum atomic E-state index is -1.34. The Kier molecular flexibility index (Phi) is 6.12. The Balaban J connectivity index is 2.00. The molecule has 1 saturated carbocycles. The predicted molar refractivity (Wildman–Crippen MR) is 107 cm³/mol. The van der Waals surface area contributed by atoms with Crippen LogP contribution in [0.5, 0.6) is 0 Å². The number of nitrogens with two attached hydrogens (primary N) is 1. The number of fused-ring (bicyclic) bond motifs is 1. The lowest BCUT2D eigenvalue weighted by molar-refractivity contribution is 0.0695. The van der Waals surface area contributed by atoms with Gasteiger partial charge >= 0.3 is 5.97 Å². The van der Waals surface area contributed by atoms with Crippen molar-refractivity contribution in [1.29, 1.82) is 0 Å². The van der Waals surface area contributed by atoms with Crippen molar-refractivity contribution in [1.82, 2.24) is 9.55 Å². The number of carbonyl (C=O) groups is 1. The first kappa shape index (κ1) is 20.7. The van der Waals surface area contributed by atoms with Gasteiger partial charge in [-0.2, -0.15) is 0 Å². The zero-order valence-corrected chi connectivity index (χ0v) is 16.3. The molecule has 1 unspecified atom stereocenters. The maximum absolute atomic E-state index is 14.7. The minimum Gasteiger partial charge on any atom is -0.477 e. The molecule has 0 aromatic carbocycles. The van der Waals surface area contributed by atoms with Gasteiger partial charge in [0, 0.05) is 31.2 Å². The molecule has 1 aliphatic rings. The van der Waals surface area contributed by atoms with E-state index in [1.807, 2.05) is 6.92 Å². The summed E-state index contributed by atoms with van der Waals surface area (Å²) < 4.78 is 16.3. The number of carboxylic acids is 1. The van der Waals surface area contributed by atoms with Crippen LogP contribution in [0.15, 0.2) is 22.2 Å². The molecule has 1 aliphatic carbocycles. The molecule has 29 heavy (non-hydrogen) atoms. The van der Waals surface area contributed by atoms with Crippen molar-refractivity contribution in [2.45, 2.75) is 32.2 Å². The SMILES string of the molecule is CC/C(=N/OC)C(CN)CNc1nc2c(cc1F)c(=O)c(C(=O)O)cn2C1CC1. The third kappa shape index (κ3) is 4.21. The van der Waals surface area contributed by atoms with E-state index in [9.17, 15) is 19.1 Å². The number of halogens is 1. The molecule has 2 aromatic rings. The molecule has 0 saturated heterocycles. The van der Waals surface area contributed by atoms with E-state index in [0.29, 0.717) is 6.42 Å². The summed E-state index contributed by atoms with van der Waals surface area (Å²) in [4.78, 5) is 33.0. The van der Waals surface area contributed by atoms with Gasteiger partial charge in [-0.15, -0.1) is 0 Å². The van der Waals surface area contributed by atoms with Crippen molar-refractivity contribution in [3.8, 4) is 0 Å². The first-order valence-corrected chi connectivity index (χ1v) is 9.43. The molecule has 9 nitrogen and oxygen atoms in total. The number of rotatable bonds is 9. The Bertz CT molecular complexity index is 1020. The van der Waals surface area contributed by atoms with Crippen LogP contribution in [-0.2, 0) is 4.84 Å². The Labute approximate surface area is 166 Å². The lowest BCUT2D eigenvalue weighted by Gasteiger charge is -2.18. The second-order valence-corrected chi connectivity index (χ2v) is 6.94. The molecule has 4 N–H and O–H groups in total. The number of aromatic nitrogens is 2. The van der Waals surface area contributed by atoms with Crippen molar-refractivity contribution in [2.75, 3.05) is 25.5 Å². The van der Waals surface area contributed by atoms with Crippen LogP contribution in [0.4, 0.5) is 10.2 Å². The minimum absolute atomic E-state index is 0.0271. The first-order valence-electron chi connectivity index (χ1n) is 9.43. The maximum atomic E-state index is 14.7. The van der Waals surface area contributed by atoms with Crippen LogP contribution in [0.3, 0.4) is 0 Å². The highest BCUT2D eigenvalue weighted by Crippen LogP contribution is 2.37. The number of nitrogens with zero attached hydrogens (tertiary/aromatic N) is 3. The van der Waals surface area contributed by atoms with Crippen LogP contribution < -0.4 is 16.5 Å². The van der Waals surface area contributed by atoms with E-state index in [-0.39, 0.29) is 41.9 Å². The number of nitrogens with one attached hydrogen (secondary N) is 1. The Morgan fingerprint density at radius 3 is 2.83 bits per heavy atom. The highest BCUT2D eigenvalue weighted by atomic mass is 19.1. The predicted octanol–water partition coefficient (Wildman–Crippen LogP) is 1.97. The van der Waals surface area contributed by atoms with E-state index in [0.717, 1.165) is 24.6 Å². The van der Waals surface area contributed by atoms with E-state index >= 15 is 0 Å². The highest BCUT2D eigenvalue weighted by Gasteiger charge is 2.28. The molecule has 1 fully saturated rings. The Morgan fingerprint density at radius 1 is 1.55 bits per heavy atom. The molecule has 10 heteroatoms. The van der Waals surface area contributed by atoms with Crippen molar-refractivity contribution in [3.63, 3.8) is 0 Å². The van der Waals surface area contributed by atoms with Gasteiger partial charge in [0.15, 0.2) is 11.6 Å². The monoisotopic (exact) mass is 405 g/mol. The van der Waals surface area contributed by atoms with Gasteiger partial charge in [0.25, 0.3) is 0 Å². The second-order valence-electron chi connectivity index (χ2n) is 6.94. The topological polar surface area (TPSA) is 132 Å². The van der Waals surface area contributed by atoms with Crippen LogP contribution in [-0.4, -0.2) is 46.5 Å². The number of hydrogen-bond donors (Lipinski definition) is 3. The third-order valence-corrected chi connectivity index (χ3v) is 4.97. The van der Waals surface area contributed by atoms with Gasteiger partial charge in [-0.25, -0.2) is 14.2 Å². The number of anilines is 1. The molecule has 1 atom stereocenters. The standard InChI is InChI=1S/C19H24FN5O4/c1-3-15(24-29-2)10(7-21)8-22-17-14(20)6-12-16(26)13(19(27)28)9-25(11-4-5-11)18(12)23-17/h6,9-11H,3-5,7-8,21H2,1-2H3,(H,22,23)(H,27,28)/b24-15-. The van der Waals surface area contributed by atoms with E-state index < -0.39 is 22.8 Å². The quantitative estimate of drug-likeness (QED) is 0.429. The summed E-state index contributed by atoms with van der Waals surface area (Å²) in [6, 6.07) is 1.10. The molecule has 156 valence electrons. The number of carboxylic acid groups (broad SMARTS) is 1. The lowest BCUT2D eigenvalue weighted by Crippen LogP contribution is -2.30. The van der Waals surface area contributed by atoms with Crippen molar-refractivity contribution < 1.29 is 19.1 Å². The summed E-state index contributed by atoms with van der Waals surface area (Å²) in [5, 5.41) is 16.1. The van der Waals surface area contributed by atoms with Crippen LogP contribution >= 0.6 is 0 Å². The summed E-state index contributed by atoms with van der Waals surface area (Å²) in [5.74, 6) is -2.29. The summed E-state index contributed by atoms with van der Waals surface area (Å²) in [5.41, 5.74) is 5.68. The molecule has 0 aliphatic heterocycles. The molecule has 0 radical (unpaired) electrons. The van der Waals surface area contributed by atoms with Gasteiger partial charge in [0.05, 0.1) is 11.1 Å². The van der Waals surface area contributed by atoms with Crippen molar-refractivity contribution >= 4 is 28.5 Å². The highest BCUT2D eigenvalue weighted by molar-refractivity contribution is 5.92. The summed E-state index contributed by atoms with van der Waals surface area (Å²) in [7, 11) is 1.45. The molecule has 2 aromatic heterocycles. The Hall–Kier alpha value is -3.01. The first-order chi connectivity index (χ1) is 13.9. The third-order valence-electron chi connectivity index (χ3n) is 4.97. The zero-order chi connectivity index (χ0) is 21.1. The molecular weight excluding hydrogens is 381 g/mol. The van der Waals surface area contributed by atoms with E-state index in [1.54, 1.807) is 4.57 Å². The van der Waals surface area contributed by atoms with Gasteiger partial charge in [-0.3, -0.25) is 4.79 Å². The number of pyridine rings is 2. The van der Waals surface area contributed by atoms with Gasteiger partial charge in [-0.1, -0.05) is 12.1 Å². The summed E-state index contributed by atoms with van der Waals surface area (Å²) >= 11 is 0. The normalized spacial score (nSPS) is 15.4. The van der Waals surface area contributed by atoms with E-state index in [4.69, 9.17) is 10.6 Å². The van der Waals surface area contributed by atoms with Gasteiger partial charge in [0.1, 0.15) is 18.3 Å². The molecule has 0 amide bonds. The zero-order valence-electron chi connectivity index (χ0n) is 16.3. The molecule has 3 rings (SSSR count). The van der Waals surface area contributed by atoms with E-state index in [2.05, 4.69) is 15.5 Å². The number of oxime groups is 1. The summed E-state index contributed by atoms with van der Waals surface area (Å²) in [6.07, 6.45) is 3.62. The number of aromatic carboxylic acids is 1. The average Bonchev–Trinajstić information content (AvgIpc) is 3.53. The lowest BCUT2D eigenvalue weighted by atomic mass is 10.0. The largest absolute Gasteiger partial charge is 0.477 e. The van der Waals surface area contributed by atoms with E-state index in [1.165, 1.54) is 13.3 Å². The maximum Gasteiger partial charge on any atom is 0.341 e. The second kappa shape index (κ2) is 8.56. The van der Waals surface area contributed by atoms with Crippen LogP contribution in [0.2, 0.25) is 0 Å². The van der Waals surface area contributed by atoms with Crippen LogP contribution in [0, 0.1) is 11.7 Å². The van der Waals surface area contributed by atoms with Crippen molar-refractivity contribution in [3.05, 3.63) is 33.9 Å². The smallest absolute Gasteiger partial charge is 0.341 e. The van der Waals surface area contributed by atoms with Gasteiger partial charge in [-0.05, 0) is 25.3 Å². The van der Waals surface area contributed by atoms with Gasteiger partial charge < -0.3 is 25.6 Å². The molecule has 0 spiro atoms. The fourth-order valence-corrected chi connectivity index (χ4v) is 3.26. The molecular formula is C19H24FN5O4. The summed E-state index contributed by atoms with van der Waals surface area (Å²) in [6.45, 7) is 2.49. The van der Waals surface area contributed by atoms with Crippen LogP contribution in [0.25, 0.3) is 11.0 Å². The Morgan fingerprint density at radius 2 is 2.28 bits per heavy atom. The fourth-order valence-electron chi connectivity index (χ4n) is 3.26. The van der Waals surface area contributed by atoms with Crippen molar-refractivity contribution in [2.24, 2.45) is 16.8 Å². The number of hydrogen-bond acceptors (Lipinski definition) is 7. The molecule has 0 bridgehead atoms. The van der Waals surface area contributed by atoms with Crippen LogP contribution in [0.1, 0.15) is 42.6 Å². The molecule has 2 heterocycles.